The zero-order valence-electron chi connectivity index (χ0n) is 15.8. The van der Waals surface area contributed by atoms with Gasteiger partial charge in [0.15, 0.2) is 0 Å². The van der Waals surface area contributed by atoms with Crippen molar-refractivity contribution in [2.24, 2.45) is 0 Å². The fraction of sp³-hybridized carbons (Fsp3) is 0.130. The molecular weight excluding hydrogens is 350 g/mol. The molecule has 5 heteroatoms. The second kappa shape index (κ2) is 7.56. The van der Waals surface area contributed by atoms with E-state index in [1.165, 1.54) is 0 Å². The Balaban J connectivity index is 1.54. The molecule has 4 aromatic rings. The van der Waals surface area contributed by atoms with Crippen LogP contribution in [0.3, 0.4) is 0 Å². The quantitative estimate of drug-likeness (QED) is 0.561. The van der Waals surface area contributed by atoms with E-state index in [1.807, 2.05) is 67.6 Å². The van der Waals surface area contributed by atoms with Crippen molar-refractivity contribution in [2.45, 2.75) is 13.3 Å². The fourth-order valence-electron chi connectivity index (χ4n) is 3.32. The number of carbonyl (C=O) groups excluding carboxylic acids is 1. The van der Waals surface area contributed by atoms with Crippen molar-refractivity contribution < 1.29 is 9.53 Å². The number of para-hydroxylation sites is 1. The van der Waals surface area contributed by atoms with Gasteiger partial charge in [-0.3, -0.25) is 9.36 Å². The van der Waals surface area contributed by atoms with E-state index < -0.39 is 0 Å². The number of methoxy groups -OCH3 is 1. The number of benzene rings is 3. The van der Waals surface area contributed by atoms with E-state index in [9.17, 15) is 4.79 Å². The summed E-state index contributed by atoms with van der Waals surface area (Å²) in [6.07, 6.45) is 0.305. The number of imidazole rings is 1. The van der Waals surface area contributed by atoms with E-state index in [4.69, 9.17) is 4.74 Å². The lowest BCUT2D eigenvalue weighted by molar-refractivity contribution is -0.115. The topological polar surface area (TPSA) is 56.1 Å². The Labute approximate surface area is 163 Å². The lowest BCUT2D eigenvalue weighted by Gasteiger charge is -2.08. The molecule has 0 atom stereocenters. The minimum Gasteiger partial charge on any atom is -0.497 e. The van der Waals surface area contributed by atoms with Gasteiger partial charge in [-0.15, -0.1) is 0 Å². The largest absolute Gasteiger partial charge is 0.497 e. The van der Waals surface area contributed by atoms with E-state index in [1.54, 1.807) is 7.11 Å². The van der Waals surface area contributed by atoms with Crippen molar-refractivity contribution in [3.05, 3.63) is 84.2 Å². The Morgan fingerprint density at radius 2 is 1.79 bits per heavy atom. The molecule has 4 rings (SSSR count). The number of carbonyl (C=O) groups is 1. The van der Waals surface area contributed by atoms with Crippen LogP contribution >= 0.6 is 0 Å². The zero-order chi connectivity index (χ0) is 19.5. The van der Waals surface area contributed by atoms with Gasteiger partial charge in [-0.25, -0.2) is 4.98 Å². The van der Waals surface area contributed by atoms with Crippen molar-refractivity contribution in [2.75, 3.05) is 12.4 Å². The second-order valence-electron chi connectivity index (χ2n) is 6.61. The number of anilines is 1. The summed E-state index contributed by atoms with van der Waals surface area (Å²) in [7, 11) is 1.62. The second-order valence-corrected chi connectivity index (χ2v) is 6.61. The highest BCUT2D eigenvalue weighted by molar-refractivity contribution is 5.94. The summed E-state index contributed by atoms with van der Waals surface area (Å²) in [5.41, 5.74) is 4.60. The molecule has 28 heavy (non-hydrogen) atoms. The number of hydrogen-bond donors (Lipinski definition) is 1. The van der Waals surface area contributed by atoms with Crippen LogP contribution in [0.1, 0.15) is 11.4 Å². The minimum atomic E-state index is -0.0660. The van der Waals surface area contributed by atoms with E-state index >= 15 is 0 Å². The van der Waals surface area contributed by atoms with Gasteiger partial charge < -0.3 is 10.1 Å². The molecule has 5 nitrogen and oxygen atoms in total. The third kappa shape index (κ3) is 3.60. The number of aromatic nitrogens is 2. The van der Waals surface area contributed by atoms with Crippen molar-refractivity contribution in [3.8, 4) is 11.4 Å². The first-order valence-electron chi connectivity index (χ1n) is 9.11. The first-order valence-corrected chi connectivity index (χ1v) is 9.11. The summed E-state index contributed by atoms with van der Waals surface area (Å²) in [5.74, 6) is 1.62. The van der Waals surface area contributed by atoms with Gasteiger partial charge in [-0.05, 0) is 55.0 Å². The fourth-order valence-corrected chi connectivity index (χ4v) is 3.32. The number of nitrogens with one attached hydrogen (secondary N) is 1. The molecular formula is C23H21N3O2. The Hall–Kier alpha value is -3.60. The number of ether oxygens (including phenoxy) is 1. The van der Waals surface area contributed by atoms with Crippen LogP contribution in [-0.2, 0) is 11.2 Å². The van der Waals surface area contributed by atoms with Crippen LogP contribution in [0.15, 0.2) is 72.8 Å². The summed E-state index contributed by atoms with van der Waals surface area (Å²) < 4.78 is 7.25. The number of aryl methyl sites for hydroxylation is 1. The Morgan fingerprint density at radius 1 is 1.04 bits per heavy atom. The van der Waals surface area contributed by atoms with Crippen LogP contribution in [0.4, 0.5) is 5.69 Å². The highest BCUT2D eigenvalue weighted by atomic mass is 16.5. The lowest BCUT2D eigenvalue weighted by Crippen LogP contribution is -2.14. The number of hydrogen-bond acceptors (Lipinski definition) is 3. The Kier molecular flexibility index (Phi) is 4.81. The third-order valence-electron chi connectivity index (χ3n) is 4.64. The molecule has 0 aliphatic rings. The number of amides is 1. The molecule has 0 saturated carbocycles. The molecule has 0 fully saturated rings. The lowest BCUT2D eigenvalue weighted by atomic mass is 10.1. The van der Waals surface area contributed by atoms with E-state index in [2.05, 4.69) is 27.0 Å². The summed E-state index contributed by atoms with van der Waals surface area (Å²) in [6, 6.07) is 23.4. The van der Waals surface area contributed by atoms with E-state index in [0.29, 0.717) is 6.42 Å². The third-order valence-corrected chi connectivity index (χ3v) is 4.64. The maximum absolute atomic E-state index is 12.4. The maximum atomic E-state index is 12.4. The van der Waals surface area contributed by atoms with E-state index in [0.717, 1.165) is 39.5 Å². The molecule has 0 bridgehead atoms. The molecule has 0 unspecified atom stereocenters. The SMILES string of the molecule is COc1ccc(CC(=O)Nc2ccc3c(c2)nc(C)n3-c2ccccc2)cc1. The first-order chi connectivity index (χ1) is 13.6. The molecule has 0 spiro atoms. The maximum Gasteiger partial charge on any atom is 0.228 e. The van der Waals surface area contributed by atoms with Crippen molar-refractivity contribution >= 4 is 22.6 Å². The predicted octanol–water partition coefficient (Wildman–Crippen LogP) is 4.52. The standard InChI is InChI=1S/C23H21N3O2/c1-16-24-21-15-18(10-13-22(21)26(16)19-6-4-3-5-7-19)25-23(27)14-17-8-11-20(28-2)12-9-17/h3-13,15H,14H2,1-2H3,(H,25,27). The van der Waals surface area contributed by atoms with Gasteiger partial charge in [0, 0.05) is 11.4 Å². The summed E-state index contributed by atoms with van der Waals surface area (Å²) in [6.45, 7) is 1.98. The number of rotatable bonds is 5. The van der Waals surface area contributed by atoms with Gasteiger partial charge in [-0.2, -0.15) is 0 Å². The molecule has 0 radical (unpaired) electrons. The van der Waals surface area contributed by atoms with Crippen LogP contribution in [0.5, 0.6) is 5.75 Å². The Morgan fingerprint density at radius 3 is 2.50 bits per heavy atom. The van der Waals surface area contributed by atoms with Crippen LogP contribution in [0.25, 0.3) is 16.7 Å². The van der Waals surface area contributed by atoms with Crippen LogP contribution in [-0.4, -0.2) is 22.6 Å². The molecule has 1 aromatic heterocycles. The average Bonchev–Trinajstić information content (AvgIpc) is 3.04. The van der Waals surface area contributed by atoms with Gasteiger partial charge in [0.2, 0.25) is 5.91 Å². The van der Waals surface area contributed by atoms with Gasteiger partial charge >= 0.3 is 0 Å². The summed E-state index contributed by atoms with van der Waals surface area (Å²) >= 11 is 0. The monoisotopic (exact) mass is 371 g/mol. The van der Waals surface area contributed by atoms with Gasteiger partial charge in [0.25, 0.3) is 0 Å². The van der Waals surface area contributed by atoms with E-state index in [-0.39, 0.29) is 5.91 Å². The highest BCUT2D eigenvalue weighted by Gasteiger charge is 2.11. The summed E-state index contributed by atoms with van der Waals surface area (Å²) in [5, 5.41) is 2.96. The van der Waals surface area contributed by atoms with Crippen molar-refractivity contribution in [1.82, 2.24) is 9.55 Å². The molecule has 1 N–H and O–H groups in total. The molecule has 3 aromatic carbocycles. The van der Waals surface area contributed by atoms with Crippen LogP contribution < -0.4 is 10.1 Å². The molecule has 1 heterocycles. The van der Waals surface area contributed by atoms with Crippen LogP contribution in [0.2, 0.25) is 0 Å². The molecule has 140 valence electrons. The minimum absolute atomic E-state index is 0.0660. The smallest absolute Gasteiger partial charge is 0.228 e. The molecule has 1 amide bonds. The van der Waals surface area contributed by atoms with Gasteiger partial charge in [-0.1, -0.05) is 30.3 Å². The molecule has 0 aliphatic heterocycles. The molecule has 0 aliphatic carbocycles. The number of nitrogens with zero attached hydrogens (tertiary/aromatic N) is 2. The average molecular weight is 371 g/mol. The Bertz CT molecular complexity index is 1120. The first kappa shape index (κ1) is 17.8. The van der Waals surface area contributed by atoms with Gasteiger partial charge in [0.1, 0.15) is 11.6 Å². The predicted molar refractivity (Wildman–Crippen MR) is 111 cm³/mol. The van der Waals surface area contributed by atoms with Gasteiger partial charge in [0.05, 0.1) is 24.6 Å². The highest BCUT2D eigenvalue weighted by Crippen LogP contribution is 2.24. The van der Waals surface area contributed by atoms with Crippen molar-refractivity contribution in [1.29, 1.82) is 0 Å². The van der Waals surface area contributed by atoms with Crippen molar-refractivity contribution in [3.63, 3.8) is 0 Å². The zero-order valence-corrected chi connectivity index (χ0v) is 15.8. The normalized spacial score (nSPS) is 10.8. The van der Waals surface area contributed by atoms with Crippen LogP contribution in [0, 0.1) is 6.92 Å². The summed E-state index contributed by atoms with van der Waals surface area (Å²) in [4.78, 5) is 17.1. The molecule has 0 saturated heterocycles. The number of fused-ring (bicyclic) bond motifs is 1.